The van der Waals surface area contributed by atoms with Crippen molar-refractivity contribution < 1.29 is 9.53 Å². The summed E-state index contributed by atoms with van der Waals surface area (Å²) in [5, 5.41) is 0. The second-order valence-electron chi connectivity index (χ2n) is 3.00. The second-order valence-corrected chi connectivity index (χ2v) is 3.00. The van der Waals surface area contributed by atoms with Crippen molar-refractivity contribution in [1.82, 2.24) is 0 Å². The van der Waals surface area contributed by atoms with E-state index in [0.717, 1.165) is 0 Å². The number of ether oxygens (including phenoxy) is 1. The third kappa shape index (κ3) is 0.997. The summed E-state index contributed by atoms with van der Waals surface area (Å²) in [6.07, 6.45) is 0.576. The van der Waals surface area contributed by atoms with Crippen LogP contribution in [-0.2, 0) is 9.53 Å². The van der Waals surface area contributed by atoms with Crippen LogP contribution in [0.5, 0.6) is 0 Å². The van der Waals surface area contributed by atoms with Crippen LogP contribution in [-0.4, -0.2) is 12.6 Å². The van der Waals surface area contributed by atoms with Crippen molar-refractivity contribution >= 4 is 5.97 Å². The van der Waals surface area contributed by atoms with Crippen molar-refractivity contribution in [2.24, 2.45) is 5.41 Å². The minimum absolute atomic E-state index is 0.0602. The fourth-order valence-electron chi connectivity index (χ4n) is 0.769. The first-order chi connectivity index (χ1) is 3.60. The van der Waals surface area contributed by atoms with Crippen LogP contribution in [0.1, 0.15) is 20.3 Å². The highest BCUT2D eigenvalue weighted by atomic mass is 16.5. The maximum absolute atomic E-state index is 10.4. The summed E-state index contributed by atoms with van der Waals surface area (Å²) >= 11 is 0. The number of hydrogen-bond acceptors (Lipinski definition) is 2. The second kappa shape index (κ2) is 1.47. The monoisotopic (exact) mass is 114 g/mol. The molecule has 0 bridgehead atoms. The van der Waals surface area contributed by atoms with Gasteiger partial charge in [-0.1, -0.05) is 13.8 Å². The predicted octanol–water partition coefficient (Wildman–Crippen LogP) is 0.960. The zero-order valence-electron chi connectivity index (χ0n) is 5.23. The van der Waals surface area contributed by atoms with Crippen LogP contribution >= 0.6 is 0 Å². The Morgan fingerprint density at radius 1 is 1.62 bits per heavy atom. The molecule has 0 atom stereocenters. The van der Waals surface area contributed by atoms with Gasteiger partial charge in [0, 0.05) is 5.41 Å². The maximum Gasteiger partial charge on any atom is 0.306 e. The molecule has 1 heterocycles. The van der Waals surface area contributed by atoms with Crippen LogP contribution in [0.2, 0.25) is 0 Å². The minimum Gasteiger partial charge on any atom is -0.465 e. The molecule has 0 aromatic heterocycles. The van der Waals surface area contributed by atoms with Crippen LogP contribution in [0.3, 0.4) is 0 Å². The fraction of sp³-hybridized carbons (Fsp3) is 0.833. The Hall–Kier alpha value is -0.530. The molecular weight excluding hydrogens is 104 g/mol. The van der Waals surface area contributed by atoms with Crippen molar-refractivity contribution in [3.8, 4) is 0 Å². The molecule has 1 rings (SSSR count). The number of esters is 1. The van der Waals surface area contributed by atoms with Gasteiger partial charge in [0.15, 0.2) is 0 Å². The summed E-state index contributed by atoms with van der Waals surface area (Å²) in [7, 11) is 0. The number of rotatable bonds is 0. The topological polar surface area (TPSA) is 26.3 Å². The van der Waals surface area contributed by atoms with Crippen LogP contribution in [0.15, 0.2) is 0 Å². The molecule has 1 aliphatic rings. The van der Waals surface area contributed by atoms with Gasteiger partial charge in [0.25, 0.3) is 0 Å². The molecule has 1 saturated heterocycles. The van der Waals surface area contributed by atoms with E-state index in [1.165, 1.54) is 0 Å². The van der Waals surface area contributed by atoms with E-state index in [0.29, 0.717) is 13.0 Å². The average molecular weight is 114 g/mol. The van der Waals surface area contributed by atoms with Crippen molar-refractivity contribution in [3.05, 3.63) is 0 Å². The molecule has 0 unspecified atom stereocenters. The van der Waals surface area contributed by atoms with Gasteiger partial charge < -0.3 is 4.74 Å². The van der Waals surface area contributed by atoms with E-state index in [1.807, 2.05) is 13.8 Å². The molecule has 0 aromatic carbocycles. The summed E-state index contributed by atoms with van der Waals surface area (Å²) in [6, 6.07) is 0. The van der Waals surface area contributed by atoms with Gasteiger partial charge in [-0.05, 0) is 0 Å². The number of carbonyl (C=O) groups excluding carboxylic acids is 1. The Morgan fingerprint density at radius 2 is 2.25 bits per heavy atom. The molecule has 46 valence electrons. The maximum atomic E-state index is 10.4. The van der Waals surface area contributed by atoms with E-state index in [9.17, 15) is 4.79 Å². The fourth-order valence-corrected chi connectivity index (χ4v) is 0.769. The van der Waals surface area contributed by atoms with E-state index >= 15 is 0 Å². The van der Waals surface area contributed by atoms with Crippen molar-refractivity contribution in [2.75, 3.05) is 6.61 Å². The third-order valence-electron chi connectivity index (χ3n) is 1.25. The van der Waals surface area contributed by atoms with Gasteiger partial charge in [0.2, 0.25) is 0 Å². The molecule has 0 amide bonds. The molecule has 0 N–H and O–H groups in total. The van der Waals surface area contributed by atoms with Crippen LogP contribution in [0, 0.1) is 5.41 Å². The molecule has 0 aliphatic carbocycles. The van der Waals surface area contributed by atoms with Gasteiger partial charge in [0.1, 0.15) is 0 Å². The zero-order valence-corrected chi connectivity index (χ0v) is 5.23. The normalized spacial score (nSPS) is 25.5. The van der Waals surface area contributed by atoms with Gasteiger partial charge in [-0.3, -0.25) is 4.79 Å². The van der Waals surface area contributed by atoms with Gasteiger partial charge in [-0.15, -0.1) is 0 Å². The van der Waals surface area contributed by atoms with E-state index in [2.05, 4.69) is 0 Å². The Balaban J connectivity index is 2.56. The van der Waals surface area contributed by atoms with E-state index < -0.39 is 0 Å². The Bertz CT molecular complexity index is 116. The largest absolute Gasteiger partial charge is 0.465 e. The molecule has 2 heteroatoms. The lowest BCUT2D eigenvalue weighted by molar-refractivity contribution is -0.137. The Morgan fingerprint density at radius 3 is 2.38 bits per heavy atom. The quantitative estimate of drug-likeness (QED) is 0.438. The molecule has 8 heavy (non-hydrogen) atoms. The summed E-state index contributed by atoms with van der Waals surface area (Å²) in [5.74, 6) is -0.0602. The van der Waals surface area contributed by atoms with E-state index in [-0.39, 0.29) is 11.4 Å². The Labute approximate surface area is 48.8 Å². The van der Waals surface area contributed by atoms with Gasteiger partial charge in [-0.25, -0.2) is 0 Å². The first-order valence-corrected chi connectivity index (χ1v) is 2.76. The minimum atomic E-state index is -0.0602. The van der Waals surface area contributed by atoms with Crippen LogP contribution in [0.25, 0.3) is 0 Å². The van der Waals surface area contributed by atoms with Crippen molar-refractivity contribution in [2.45, 2.75) is 20.3 Å². The molecule has 1 aliphatic heterocycles. The first-order valence-electron chi connectivity index (χ1n) is 2.76. The van der Waals surface area contributed by atoms with Gasteiger partial charge in [0.05, 0.1) is 13.0 Å². The van der Waals surface area contributed by atoms with Gasteiger partial charge >= 0.3 is 5.97 Å². The average Bonchev–Trinajstić information content (AvgIpc) is 1.82. The molecule has 0 saturated carbocycles. The highest BCUT2D eigenvalue weighted by molar-refractivity contribution is 5.72. The summed E-state index contributed by atoms with van der Waals surface area (Å²) in [4.78, 5) is 10.4. The molecular formula is C6H10O2. The molecule has 0 radical (unpaired) electrons. The predicted molar refractivity (Wildman–Crippen MR) is 29.4 cm³/mol. The highest BCUT2D eigenvalue weighted by Crippen LogP contribution is 2.26. The standard InChI is InChI=1S/C6H10O2/c1-6(2)3-5(7)8-4-6/h3-4H2,1-2H3. The van der Waals surface area contributed by atoms with Crippen molar-refractivity contribution in [1.29, 1.82) is 0 Å². The number of hydrogen-bond donors (Lipinski definition) is 0. The summed E-state index contributed by atoms with van der Waals surface area (Å²) in [6.45, 7) is 4.64. The van der Waals surface area contributed by atoms with E-state index in [4.69, 9.17) is 4.74 Å². The van der Waals surface area contributed by atoms with Gasteiger partial charge in [-0.2, -0.15) is 0 Å². The molecule has 0 spiro atoms. The zero-order chi connectivity index (χ0) is 6.20. The number of carbonyl (C=O) groups is 1. The Kier molecular flexibility index (Phi) is 1.03. The summed E-state index contributed by atoms with van der Waals surface area (Å²) < 4.78 is 4.73. The smallest absolute Gasteiger partial charge is 0.306 e. The molecule has 0 aromatic rings. The lowest BCUT2D eigenvalue weighted by Gasteiger charge is -2.09. The third-order valence-corrected chi connectivity index (χ3v) is 1.25. The first kappa shape index (κ1) is 5.60. The SMILES string of the molecule is CC1(C)COC(=O)C1. The summed E-state index contributed by atoms with van der Waals surface area (Å²) in [5.41, 5.74) is 0.0943. The lowest BCUT2D eigenvalue weighted by Crippen LogP contribution is -2.08. The van der Waals surface area contributed by atoms with Crippen LogP contribution in [0.4, 0.5) is 0 Å². The van der Waals surface area contributed by atoms with E-state index in [1.54, 1.807) is 0 Å². The van der Waals surface area contributed by atoms with Crippen molar-refractivity contribution in [3.63, 3.8) is 0 Å². The lowest BCUT2D eigenvalue weighted by atomic mass is 9.93. The van der Waals surface area contributed by atoms with Crippen LogP contribution < -0.4 is 0 Å². The molecule has 2 nitrogen and oxygen atoms in total. The number of cyclic esters (lactones) is 1. The highest BCUT2D eigenvalue weighted by Gasteiger charge is 2.30. The molecule has 1 fully saturated rings.